The van der Waals surface area contributed by atoms with Gasteiger partial charge in [-0.3, -0.25) is 14.3 Å². The minimum atomic E-state index is -4.74. The molecule has 1 saturated carbocycles. The number of nitrogens with one attached hydrogen (secondary N) is 2. The number of nitrogens with zero attached hydrogens (tertiary/aromatic N) is 3. The first-order valence-electron chi connectivity index (χ1n) is 12.5. The average molecular weight is 509 g/mol. The molecule has 2 heterocycles. The lowest BCUT2D eigenvalue weighted by Gasteiger charge is -2.22. The molecule has 1 aliphatic rings. The summed E-state index contributed by atoms with van der Waals surface area (Å²) >= 11 is 0. The van der Waals surface area contributed by atoms with E-state index in [4.69, 9.17) is 13.6 Å². The molecule has 0 bridgehead atoms. The molecule has 12 heteroatoms. The Morgan fingerprint density at radius 1 is 1.31 bits per heavy atom. The zero-order valence-corrected chi connectivity index (χ0v) is 19.7. The number of aryl methyl sites for hydroxylation is 1. The number of carbonyl (C=O) groups is 2. The highest BCUT2D eigenvalue weighted by Crippen LogP contribution is 2.45. The minimum Gasteiger partial charge on any atom is -0.496 e. The molecule has 0 radical (unpaired) electrons. The summed E-state index contributed by atoms with van der Waals surface area (Å²) in [6.45, 7) is -2.56. The van der Waals surface area contributed by atoms with Gasteiger partial charge < -0.3 is 20.1 Å². The molecule has 36 heavy (non-hydrogen) atoms. The molecule has 1 aromatic carbocycles. The number of halogens is 3. The van der Waals surface area contributed by atoms with Gasteiger partial charge in [0.25, 0.3) is 0 Å². The molecule has 4 rings (SSSR count). The lowest BCUT2D eigenvalue weighted by atomic mass is 10.0. The Kier molecular flexibility index (Phi) is 5.86. The predicted octanol–water partition coefficient (Wildman–Crippen LogP) is 4.91. The topological polar surface area (TPSA) is 107 Å². The highest BCUT2D eigenvalue weighted by molar-refractivity contribution is 6.04. The second-order valence-electron chi connectivity index (χ2n) is 8.32. The maximum atomic E-state index is 13.7. The third kappa shape index (κ3) is 4.85. The zero-order valence-electron chi connectivity index (χ0n) is 22.7. The fourth-order valence-electron chi connectivity index (χ4n) is 3.94. The van der Waals surface area contributed by atoms with Crippen molar-refractivity contribution in [3.05, 3.63) is 35.5 Å². The number of carbonyl (C=O) groups excluding carboxylic acids is 2. The first kappa shape index (κ1) is 21.6. The van der Waals surface area contributed by atoms with Crippen LogP contribution in [-0.2, 0) is 16.6 Å². The minimum absolute atomic E-state index is 0.0248. The number of ether oxygens (including phenoxy) is 2. The van der Waals surface area contributed by atoms with Crippen LogP contribution < -0.4 is 15.4 Å². The van der Waals surface area contributed by atoms with E-state index in [9.17, 15) is 22.8 Å². The smallest absolute Gasteiger partial charge is 0.418 e. The summed E-state index contributed by atoms with van der Waals surface area (Å²) in [5.41, 5.74) is 0.0649. The van der Waals surface area contributed by atoms with Gasteiger partial charge in [0.1, 0.15) is 11.6 Å². The van der Waals surface area contributed by atoms with E-state index in [2.05, 4.69) is 20.7 Å². The van der Waals surface area contributed by atoms with Crippen LogP contribution in [0.15, 0.2) is 24.4 Å². The summed E-state index contributed by atoms with van der Waals surface area (Å²) in [5.74, 6) is -1.17. The molecular formula is C24H26F3N5O4. The Hall–Kier alpha value is -3.67. The van der Waals surface area contributed by atoms with Gasteiger partial charge in [0.15, 0.2) is 17.7 Å². The Morgan fingerprint density at radius 2 is 2.06 bits per heavy atom. The monoisotopic (exact) mass is 508 g/mol. The van der Waals surface area contributed by atoms with Crippen LogP contribution in [0.2, 0.25) is 0 Å². The maximum absolute atomic E-state index is 13.7. The van der Waals surface area contributed by atoms with Crippen molar-refractivity contribution in [3.63, 3.8) is 0 Å². The first-order chi connectivity index (χ1) is 18.2. The SMILES string of the molecule is [2H]C([2H])([2H])CC(=O)c1cnc(NC(=O)C2CC2)cc1Nc1nn(C)c2ccc([C@@H](OC)C(F)(F)F)c(OC)c12. The number of pyridine rings is 1. The van der Waals surface area contributed by atoms with E-state index in [1.54, 1.807) is 7.05 Å². The number of alkyl halides is 3. The fourth-order valence-corrected chi connectivity index (χ4v) is 3.94. The van der Waals surface area contributed by atoms with Crippen LogP contribution >= 0.6 is 0 Å². The molecular weight excluding hydrogens is 479 g/mol. The van der Waals surface area contributed by atoms with Crippen molar-refractivity contribution < 1.29 is 36.3 Å². The number of amides is 1. The summed E-state index contributed by atoms with van der Waals surface area (Å²) in [6, 6.07) is 4.01. The van der Waals surface area contributed by atoms with E-state index < -0.39 is 31.3 Å². The standard InChI is InChI=1S/C24H26F3N5O4/c1-5-17(33)14-11-28-18(30-23(34)12-6-7-12)10-15(14)29-22-19-16(32(2)31-22)9-8-13(20(19)35-3)21(36-4)24(25,26)27/h8-12,21H,5-7H2,1-4H3,(H2,28,29,30,31,34)/t21-/m1/s1/i1D3. The van der Waals surface area contributed by atoms with Crippen LogP contribution in [0.5, 0.6) is 5.75 Å². The quantitative estimate of drug-likeness (QED) is 0.396. The molecule has 1 aliphatic carbocycles. The van der Waals surface area contributed by atoms with Gasteiger partial charge in [-0.05, 0) is 18.9 Å². The number of Topliss-reactive ketones (excluding diaryl/α,β-unsaturated/α-hetero) is 1. The maximum Gasteiger partial charge on any atom is 0.418 e. The van der Waals surface area contributed by atoms with Crippen molar-refractivity contribution in [1.29, 1.82) is 0 Å². The molecule has 1 atom stereocenters. The van der Waals surface area contributed by atoms with Crippen LogP contribution in [0.4, 0.5) is 30.5 Å². The molecule has 1 amide bonds. The highest BCUT2D eigenvalue weighted by atomic mass is 19.4. The molecule has 2 aromatic heterocycles. The summed E-state index contributed by atoms with van der Waals surface area (Å²) in [6.07, 6.45) is -5.18. The molecule has 192 valence electrons. The molecule has 0 spiro atoms. The number of hydrogen-bond donors (Lipinski definition) is 2. The van der Waals surface area contributed by atoms with Gasteiger partial charge >= 0.3 is 6.18 Å². The number of rotatable bonds is 9. The van der Waals surface area contributed by atoms with Gasteiger partial charge in [-0.2, -0.15) is 18.3 Å². The van der Waals surface area contributed by atoms with Crippen LogP contribution in [0, 0.1) is 5.92 Å². The van der Waals surface area contributed by atoms with Crippen LogP contribution in [-0.4, -0.2) is 46.9 Å². The third-order valence-corrected chi connectivity index (χ3v) is 5.84. The van der Waals surface area contributed by atoms with E-state index in [1.807, 2.05) is 0 Å². The number of ketones is 1. The van der Waals surface area contributed by atoms with Gasteiger partial charge in [0, 0.05) is 48.4 Å². The molecule has 0 aliphatic heterocycles. The summed E-state index contributed by atoms with van der Waals surface area (Å²) in [5, 5.41) is 10.1. The number of benzene rings is 1. The third-order valence-electron chi connectivity index (χ3n) is 5.84. The van der Waals surface area contributed by atoms with Gasteiger partial charge in [0.2, 0.25) is 5.91 Å². The number of methoxy groups -OCH3 is 2. The van der Waals surface area contributed by atoms with E-state index >= 15 is 0 Å². The Morgan fingerprint density at radius 3 is 2.67 bits per heavy atom. The molecule has 0 unspecified atom stereocenters. The summed E-state index contributed by atoms with van der Waals surface area (Å²) in [4.78, 5) is 29.3. The second kappa shape index (κ2) is 9.76. The average Bonchev–Trinajstić information content (AvgIpc) is 3.63. The van der Waals surface area contributed by atoms with Gasteiger partial charge in [-0.15, -0.1) is 0 Å². The summed E-state index contributed by atoms with van der Waals surface area (Å²) < 4.78 is 75.1. The van der Waals surface area contributed by atoms with Crippen LogP contribution in [0.25, 0.3) is 10.9 Å². The lowest BCUT2D eigenvalue weighted by molar-refractivity contribution is -0.216. The van der Waals surface area contributed by atoms with Crippen molar-refractivity contribution >= 4 is 39.9 Å². The molecule has 2 N–H and O–H groups in total. The first-order valence-corrected chi connectivity index (χ1v) is 11.0. The van der Waals surface area contributed by atoms with Crippen molar-refractivity contribution in [2.45, 2.75) is 38.4 Å². The van der Waals surface area contributed by atoms with E-state index in [-0.39, 0.29) is 51.4 Å². The van der Waals surface area contributed by atoms with Gasteiger partial charge in [0.05, 0.1) is 29.3 Å². The van der Waals surface area contributed by atoms with E-state index in [0.29, 0.717) is 5.52 Å². The molecule has 9 nitrogen and oxygen atoms in total. The molecule has 0 saturated heterocycles. The zero-order chi connectivity index (χ0) is 28.7. The molecule has 3 aromatic rings. The second-order valence-corrected chi connectivity index (χ2v) is 8.32. The lowest BCUT2D eigenvalue weighted by Crippen LogP contribution is -2.23. The number of fused-ring (bicyclic) bond motifs is 1. The van der Waals surface area contributed by atoms with E-state index in [1.165, 1.54) is 30.0 Å². The highest BCUT2D eigenvalue weighted by Gasteiger charge is 2.43. The Labute approximate surface area is 209 Å². The van der Waals surface area contributed by atoms with Crippen LogP contribution in [0.1, 0.15) is 52.3 Å². The number of hydrogen-bond acceptors (Lipinski definition) is 7. The van der Waals surface area contributed by atoms with E-state index in [0.717, 1.165) is 26.1 Å². The van der Waals surface area contributed by atoms with Crippen molar-refractivity contribution in [2.24, 2.45) is 13.0 Å². The molecule has 1 fully saturated rings. The van der Waals surface area contributed by atoms with Crippen molar-refractivity contribution in [1.82, 2.24) is 14.8 Å². The van der Waals surface area contributed by atoms with Gasteiger partial charge in [-0.1, -0.05) is 12.9 Å². The Balaban J connectivity index is 1.84. The van der Waals surface area contributed by atoms with Crippen molar-refractivity contribution in [2.75, 3.05) is 24.9 Å². The normalized spacial score (nSPS) is 16.1. The van der Waals surface area contributed by atoms with Crippen LogP contribution in [0.3, 0.4) is 0 Å². The number of aromatic nitrogens is 3. The largest absolute Gasteiger partial charge is 0.496 e. The Bertz CT molecular complexity index is 1420. The predicted molar refractivity (Wildman–Crippen MR) is 127 cm³/mol. The number of anilines is 3. The van der Waals surface area contributed by atoms with Gasteiger partial charge in [-0.25, -0.2) is 4.98 Å². The summed E-state index contributed by atoms with van der Waals surface area (Å²) in [7, 11) is 3.71. The fraction of sp³-hybridized carbons (Fsp3) is 0.417. The van der Waals surface area contributed by atoms with Crippen molar-refractivity contribution in [3.8, 4) is 5.75 Å².